The number of methoxy groups -OCH3 is 1. The fourth-order valence-electron chi connectivity index (χ4n) is 4.29. The molecule has 0 bridgehead atoms. The third kappa shape index (κ3) is 3.17. The number of likely N-dealkylation sites (N-methyl/N-ethyl adjacent to an activating group) is 1. The van der Waals surface area contributed by atoms with Gasteiger partial charge in [0.2, 0.25) is 0 Å². The lowest BCUT2D eigenvalue weighted by Crippen LogP contribution is -2.60. The Bertz CT molecular complexity index is 672. The second-order valence-electron chi connectivity index (χ2n) is 7.73. The number of aryl methyl sites for hydroxylation is 1. The van der Waals surface area contributed by atoms with E-state index in [1.54, 1.807) is 6.07 Å². The summed E-state index contributed by atoms with van der Waals surface area (Å²) in [5.41, 5.74) is 1.56. The molecule has 0 unspecified atom stereocenters. The molecule has 1 saturated heterocycles. The highest BCUT2D eigenvalue weighted by atomic mass is 16.5. The number of carbonyl (C=O) groups is 2. The van der Waals surface area contributed by atoms with Crippen LogP contribution in [-0.4, -0.2) is 49.1 Å². The van der Waals surface area contributed by atoms with Gasteiger partial charge < -0.3 is 14.5 Å². The minimum absolute atomic E-state index is 0.0522. The predicted octanol–water partition coefficient (Wildman–Crippen LogP) is 3.27. The van der Waals surface area contributed by atoms with Crippen LogP contribution in [0.4, 0.5) is 5.69 Å². The van der Waals surface area contributed by atoms with E-state index < -0.39 is 5.97 Å². The lowest BCUT2D eigenvalue weighted by atomic mass is 10.1. The number of carbonyl (C=O) groups excluding carboxylic acids is 2. The standard InChI is InChI=1S/C20H28N2O3/c1-15-9-8-10-16(18(23)25-3)17(15)21-19(24)20(11-12-20)22(2)13-6-4-5-7-14-22/h8-10H,4-7,11-14H2,1-3H3/p+1. The van der Waals surface area contributed by atoms with E-state index in [2.05, 4.69) is 12.4 Å². The van der Waals surface area contributed by atoms with Gasteiger partial charge in [0.05, 0.1) is 38.5 Å². The number of esters is 1. The minimum Gasteiger partial charge on any atom is -0.465 e. The molecule has 1 aromatic rings. The maximum atomic E-state index is 13.2. The molecule has 1 aliphatic heterocycles. The Morgan fingerprint density at radius 1 is 1.12 bits per heavy atom. The van der Waals surface area contributed by atoms with Crippen molar-refractivity contribution in [2.45, 2.75) is 51.0 Å². The van der Waals surface area contributed by atoms with Crippen LogP contribution >= 0.6 is 0 Å². The molecular formula is C20H29N2O3+. The average molecular weight is 345 g/mol. The topological polar surface area (TPSA) is 55.4 Å². The quantitative estimate of drug-likeness (QED) is 0.673. The zero-order chi connectivity index (χ0) is 18.1. The summed E-state index contributed by atoms with van der Waals surface area (Å²) in [6, 6.07) is 5.42. The fraction of sp³-hybridized carbons (Fsp3) is 0.600. The number of hydrogen-bond acceptors (Lipinski definition) is 3. The van der Waals surface area contributed by atoms with Crippen LogP contribution in [0, 0.1) is 6.92 Å². The number of quaternary nitrogens is 1. The Morgan fingerprint density at radius 3 is 2.32 bits per heavy atom. The van der Waals surface area contributed by atoms with Crippen LogP contribution in [0.15, 0.2) is 18.2 Å². The van der Waals surface area contributed by atoms with Crippen molar-refractivity contribution in [2.24, 2.45) is 0 Å². The van der Waals surface area contributed by atoms with E-state index >= 15 is 0 Å². The van der Waals surface area contributed by atoms with Crippen LogP contribution in [0.1, 0.15) is 54.4 Å². The first-order chi connectivity index (χ1) is 11.9. The summed E-state index contributed by atoms with van der Waals surface area (Å²) < 4.78 is 5.70. The Kier molecular flexibility index (Phi) is 4.87. The molecule has 3 rings (SSSR count). The molecule has 0 atom stereocenters. The molecule has 1 saturated carbocycles. The first-order valence-corrected chi connectivity index (χ1v) is 9.28. The molecule has 2 aliphatic rings. The van der Waals surface area contributed by atoms with Crippen LogP contribution in [0.3, 0.4) is 0 Å². The van der Waals surface area contributed by atoms with Crippen molar-refractivity contribution in [2.75, 3.05) is 32.6 Å². The number of anilines is 1. The van der Waals surface area contributed by atoms with Gasteiger partial charge in [-0.1, -0.05) is 12.1 Å². The monoisotopic (exact) mass is 345 g/mol. The van der Waals surface area contributed by atoms with Crippen molar-refractivity contribution in [3.8, 4) is 0 Å². The van der Waals surface area contributed by atoms with Gasteiger partial charge in [-0.25, -0.2) is 4.79 Å². The summed E-state index contributed by atoms with van der Waals surface area (Å²) >= 11 is 0. The zero-order valence-electron chi connectivity index (χ0n) is 15.6. The number of hydrogen-bond donors (Lipinski definition) is 1. The van der Waals surface area contributed by atoms with Crippen LogP contribution < -0.4 is 5.32 Å². The van der Waals surface area contributed by atoms with Crippen molar-refractivity contribution in [1.29, 1.82) is 0 Å². The molecule has 25 heavy (non-hydrogen) atoms. The number of benzene rings is 1. The van der Waals surface area contributed by atoms with Gasteiger partial charge in [-0.15, -0.1) is 0 Å². The molecule has 1 heterocycles. The number of nitrogens with one attached hydrogen (secondary N) is 1. The predicted molar refractivity (Wildman–Crippen MR) is 97.5 cm³/mol. The summed E-state index contributed by atoms with van der Waals surface area (Å²) in [6.45, 7) is 4.03. The Balaban J connectivity index is 1.87. The van der Waals surface area contributed by atoms with Gasteiger partial charge >= 0.3 is 5.97 Å². The van der Waals surface area contributed by atoms with Crippen molar-refractivity contribution in [3.63, 3.8) is 0 Å². The maximum Gasteiger partial charge on any atom is 0.339 e. The van der Waals surface area contributed by atoms with Crippen molar-refractivity contribution in [1.82, 2.24) is 0 Å². The second-order valence-corrected chi connectivity index (χ2v) is 7.73. The Morgan fingerprint density at radius 2 is 1.76 bits per heavy atom. The normalized spacial score (nSPS) is 21.1. The van der Waals surface area contributed by atoms with Gasteiger partial charge in [0, 0.05) is 12.8 Å². The minimum atomic E-state index is -0.418. The third-order valence-corrected chi connectivity index (χ3v) is 6.15. The van der Waals surface area contributed by atoms with E-state index in [9.17, 15) is 9.59 Å². The summed E-state index contributed by atoms with van der Waals surface area (Å²) in [4.78, 5) is 25.3. The summed E-state index contributed by atoms with van der Waals surface area (Å²) in [6.07, 6.45) is 6.74. The average Bonchev–Trinajstić information content (AvgIpc) is 3.42. The number of nitrogens with zero attached hydrogens (tertiary/aromatic N) is 1. The zero-order valence-corrected chi connectivity index (χ0v) is 15.6. The Labute approximate surface area is 149 Å². The van der Waals surface area contributed by atoms with Gasteiger partial charge in [-0.3, -0.25) is 4.79 Å². The molecule has 0 spiro atoms. The molecule has 1 amide bonds. The number of para-hydroxylation sites is 1. The number of amides is 1. The summed E-state index contributed by atoms with van der Waals surface area (Å²) in [7, 11) is 3.60. The molecule has 5 nitrogen and oxygen atoms in total. The van der Waals surface area contributed by atoms with Crippen LogP contribution in [0.5, 0.6) is 0 Å². The van der Waals surface area contributed by atoms with Crippen LogP contribution in [-0.2, 0) is 9.53 Å². The molecule has 0 radical (unpaired) electrons. The largest absolute Gasteiger partial charge is 0.465 e. The lowest BCUT2D eigenvalue weighted by Gasteiger charge is -2.41. The highest BCUT2D eigenvalue weighted by Gasteiger charge is 2.63. The van der Waals surface area contributed by atoms with Crippen LogP contribution in [0.25, 0.3) is 0 Å². The molecule has 136 valence electrons. The van der Waals surface area contributed by atoms with Gasteiger partial charge in [-0.05, 0) is 44.2 Å². The molecule has 5 heteroatoms. The van der Waals surface area contributed by atoms with E-state index in [4.69, 9.17) is 4.74 Å². The van der Waals surface area contributed by atoms with E-state index in [0.29, 0.717) is 11.3 Å². The second kappa shape index (κ2) is 6.79. The molecular weight excluding hydrogens is 316 g/mol. The van der Waals surface area contributed by atoms with Gasteiger partial charge in [0.25, 0.3) is 5.91 Å². The molecule has 1 N–H and O–H groups in total. The van der Waals surface area contributed by atoms with E-state index in [1.807, 2.05) is 19.1 Å². The van der Waals surface area contributed by atoms with E-state index in [-0.39, 0.29) is 11.4 Å². The fourth-order valence-corrected chi connectivity index (χ4v) is 4.29. The molecule has 2 fully saturated rings. The van der Waals surface area contributed by atoms with Gasteiger partial charge in [0.15, 0.2) is 5.54 Å². The van der Waals surface area contributed by atoms with Crippen molar-refractivity contribution < 1.29 is 18.8 Å². The van der Waals surface area contributed by atoms with Crippen molar-refractivity contribution >= 4 is 17.6 Å². The Hall–Kier alpha value is -1.88. The highest BCUT2D eigenvalue weighted by molar-refractivity contribution is 6.05. The summed E-state index contributed by atoms with van der Waals surface area (Å²) in [5, 5.41) is 3.08. The van der Waals surface area contributed by atoms with Gasteiger partial charge in [-0.2, -0.15) is 0 Å². The number of ether oxygens (including phenoxy) is 1. The summed E-state index contributed by atoms with van der Waals surface area (Å²) in [5.74, 6) is -0.365. The van der Waals surface area contributed by atoms with E-state index in [0.717, 1.165) is 36.0 Å². The molecule has 0 aromatic heterocycles. The smallest absolute Gasteiger partial charge is 0.339 e. The van der Waals surface area contributed by atoms with Gasteiger partial charge in [0.1, 0.15) is 0 Å². The molecule has 1 aromatic carbocycles. The SMILES string of the molecule is COC(=O)c1cccc(C)c1NC(=O)C1([N+]2(C)CCCCCC2)CC1. The lowest BCUT2D eigenvalue weighted by molar-refractivity contribution is -0.933. The van der Waals surface area contributed by atoms with Crippen LogP contribution in [0.2, 0.25) is 0 Å². The first-order valence-electron chi connectivity index (χ1n) is 9.28. The molecule has 1 aliphatic carbocycles. The van der Waals surface area contributed by atoms with E-state index in [1.165, 1.54) is 32.8 Å². The number of rotatable bonds is 4. The number of likely N-dealkylation sites (tertiary alicyclic amines) is 1. The maximum absolute atomic E-state index is 13.2. The first kappa shape index (κ1) is 17.9. The van der Waals surface area contributed by atoms with Crippen molar-refractivity contribution in [3.05, 3.63) is 29.3 Å². The highest BCUT2D eigenvalue weighted by Crippen LogP contribution is 2.48. The third-order valence-electron chi connectivity index (χ3n) is 6.15.